The van der Waals surface area contributed by atoms with E-state index < -0.39 is 6.10 Å². The fourth-order valence-electron chi connectivity index (χ4n) is 2.30. The highest BCUT2D eigenvalue weighted by molar-refractivity contribution is 7.99. The van der Waals surface area contributed by atoms with Crippen molar-refractivity contribution in [1.82, 2.24) is 0 Å². The van der Waals surface area contributed by atoms with Crippen LogP contribution in [-0.2, 0) is 0 Å². The molecule has 3 heteroatoms. The summed E-state index contributed by atoms with van der Waals surface area (Å²) in [5, 5.41) is 10.3. The molecule has 0 aliphatic carbocycles. The molecule has 2 rings (SSSR count). The van der Waals surface area contributed by atoms with Gasteiger partial charge in [-0.3, -0.25) is 0 Å². The van der Waals surface area contributed by atoms with Gasteiger partial charge in [-0.2, -0.15) is 0 Å². The quantitative estimate of drug-likeness (QED) is 0.711. The number of aliphatic hydroxyl groups excluding tert-OH is 1. The van der Waals surface area contributed by atoms with Crippen molar-refractivity contribution in [2.75, 3.05) is 24.2 Å². The van der Waals surface area contributed by atoms with Crippen molar-refractivity contribution >= 4 is 17.4 Å². The SMILES string of the molecule is CCCSc1ccc(C(O)CCN(C)c2ccccc2)cc1. The summed E-state index contributed by atoms with van der Waals surface area (Å²) >= 11 is 1.87. The predicted octanol–water partition coefficient (Wildman–Crippen LogP) is 4.75. The molecule has 1 atom stereocenters. The molecule has 2 aromatic rings. The van der Waals surface area contributed by atoms with Gasteiger partial charge in [-0.25, -0.2) is 0 Å². The van der Waals surface area contributed by atoms with Crippen molar-refractivity contribution in [2.24, 2.45) is 0 Å². The lowest BCUT2D eigenvalue weighted by Gasteiger charge is -2.21. The first-order chi connectivity index (χ1) is 10.7. The molecule has 1 unspecified atom stereocenters. The van der Waals surface area contributed by atoms with Crippen molar-refractivity contribution in [3.8, 4) is 0 Å². The Morgan fingerprint density at radius 2 is 1.73 bits per heavy atom. The van der Waals surface area contributed by atoms with Crippen molar-refractivity contribution in [1.29, 1.82) is 0 Å². The molecule has 0 amide bonds. The van der Waals surface area contributed by atoms with Crippen LogP contribution in [-0.4, -0.2) is 24.5 Å². The molecule has 0 heterocycles. The molecule has 0 aromatic heterocycles. The van der Waals surface area contributed by atoms with Gasteiger partial charge < -0.3 is 10.0 Å². The van der Waals surface area contributed by atoms with E-state index in [0.717, 1.165) is 24.3 Å². The Hall–Kier alpha value is -1.45. The Kier molecular flexibility index (Phi) is 6.81. The largest absolute Gasteiger partial charge is 0.388 e. The maximum absolute atomic E-state index is 10.3. The minimum Gasteiger partial charge on any atom is -0.388 e. The second kappa shape index (κ2) is 8.86. The van der Waals surface area contributed by atoms with Crippen molar-refractivity contribution < 1.29 is 5.11 Å². The number of para-hydroxylation sites is 1. The van der Waals surface area contributed by atoms with Gasteiger partial charge in [0, 0.05) is 24.2 Å². The number of aliphatic hydroxyl groups is 1. The first kappa shape index (κ1) is 16.9. The maximum Gasteiger partial charge on any atom is 0.0806 e. The van der Waals surface area contributed by atoms with Crippen LogP contribution in [0.4, 0.5) is 5.69 Å². The van der Waals surface area contributed by atoms with Gasteiger partial charge in [-0.1, -0.05) is 37.3 Å². The fourth-order valence-corrected chi connectivity index (χ4v) is 3.07. The van der Waals surface area contributed by atoms with E-state index in [-0.39, 0.29) is 0 Å². The molecule has 0 aliphatic rings. The van der Waals surface area contributed by atoms with Crippen LogP contribution in [0.3, 0.4) is 0 Å². The third-order valence-corrected chi connectivity index (χ3v) is 4.89. The Morgan fingerprint density at radius 3 is 2.36 bits per heavy atom. The van der Waals surface area contributed by atoms with Gasteiger partial charge in [0.05, 0.1) is 6.10 Å². The smallest absolute Gasteiger partial charge is 0.0806 e. The zero-order chi connectivity index (χ0) is 15.8. The number of hydrogen-bond donors (Lipinski definition) is 1. The van der Waals surface area contributed by atoms with Crippen LogP contribution in [0.1, 0.15) is 31.4 Å². The van der Waals surface area contributed by atoms with E-state index in [9.17, 15) is 5.11 Å². The summed E-state index contributed by atoms with van der Waals surface area (Å²) in [6.45, 7) is 3.02. The van der Waals surface area contributed by atoms with Gasteiger partial charge >= 0.3 is 0 Å². The number of rotatable bonds is 8. The summed E-state index contributed by atoms with van der Waals surface area (Å²) in [5.74, 6) is 1.14. The molecule has 0 saturated carbocycles. The van der Waals surface area contributed by atoms with E-state index in [1.165, 1.54) is 17.0 Å². The van der Waals surface area contributed by atoms with Crippen LogP contribution in [0, 0.1) is 0 Å². The standard InChI is InChI=1S/C19H25NOS/c1-3-15-22-18-11-9-16(10-12-18)19(21)13-14-20(2)17-7-5-4-6-8-17/h4-12,19,21H,3,13-15H2,1-2H3. The summed E-state index contributed by atoms with van der Waals surface area (Å²) in [7, 11) is 2.06. The van der Waals surface area contributed by atoms with Gasteiger partial charge in [0.2, 0.25) is 0 Å². The lowest BCUT2D eigenvalue weighted by atomic mass is 10.1. The van der Waals surface area contributed by atoms with Crippen LogP contribution in [0.15, 0.2) is 59.5 Å². The highest BCUT2D eigenvalue weighted by Crippen LogP contribution is 2.23. The van der Waals surface area contributed by atoms with E-state index in [4.69, 9.17) is 0 Å². The zero-order valence-electron chi connectivity index (χ0n) is 13.4. The molecule has 2 nitrogen and oxygen atoms in total. The molecule has 0 saturated heterocycles. The van der Waals surface area contributed by atoms with Gasteiger partial charge in [0.1, 0.15) is 0 Å². The summed E-state index contributed by atoms with van der Waals surface area (Å²) < 4.78 is 0. The zero-order valence-corrected chi connectivity index (χ0v) is 14.2. The highest BCUT2D eigenvalue weighted by atomic mass is 32.2. The summed E-state index contributed by atoms with van der Waals surface area (Å²) in [5.41, 5.74) is 2.18. The topological polar surface area (TPSA) is 23.5 Å². The van der Waals surface area contributed by atoms with E-state index >= 15 is 0 Å². The first-order valence-corrected chi connectivity index (χ1v) is 8.86. The van der Waals surface area contributed by atoms with Crippen molar-refractivity contribution in [3.05, 3.63) is 60.2 Å². The van der Waals surface area contributed by atoms with Crippen molar-refractivity contribution in [2.45, 2.75) is 30.8 Å². The molecule has 2 aromatic carbocycles. The minimum atomic E-state index is -0.406. The lowest BCUT2D eigenvalue weighted by molar-refractivity contribution is 0.170. The molecule has 1 N–H and O–H groups in total. The second-order valence-corrected chi connectivity index (χ2v) is 6.65. The number of nitrogens with zero attached hydrogens (tertiary/aromatic N) is 1. The average Bonchev–Trinajstić information content (AvgIpc) is 2.58. The lowest BCUT2D eigenvalue weighted by Crippen LogP contribution is -2.20. The van der Waals surface area contributed by atoms with Gasteiger partial charge in [-0.15, -0.1) is 11.8 Å². The van der Waals surface area contributed by atoms with Gasteiger partial charge in [-0.05, 0) is 48.4 Å². The number of benzene rings is 2. The summed E-state index contributed by atoms with van der Waals surface area (Å²) in [4.78, 5) is 3.45. The van der Waals surface area contributed by atoms with Crippen LogP contribution >= 0.6 is 11.8 Å². The molecular formula is C19H25NOS. The number of thioether (sulfide) groups is 1. The normalized spacial score (nSPS) is 12.1. The number of hydrogen-bond acceptors (Lipinski definition) is 3. The van der Waals surface area contributed by atoms with E-state index in [1.54, 1.807) is 0 Å². The molecule has 22 heavy (non-hydrogen) atoms. The predicted molar refractivity (Wildman–Crippen MR) is 96.7 cm³/mol. The fraction of sp³-hybridized carbons (Fsp3) is 0.368. The molecule has 0 bridgehead atoms. The molecular weight excluding hydrogens is 290 g/mol. The Balaban J connectivity index is 1.85. The van der Waals surface area contributed by atoms with Crippen LogP contribution in [0.2, 0.25) is 0 Å². The third kappa shape index (κ3) is 5.08. The molecule has 0 aliphatic heterocycles. The van der Waals surface area contributed by atoms with E-state index in [1.807, 2.05) is 42.1 Å². The number of anilines is 1. The van der Waals surface area contributed by atoms with Crippen LogP contribution in [0.5, 0.6) is 0 Å². The third-order valence-electron chi connectivity index (χ3n) is 3.67. The molecule has 0 fully saturated rings. The van der Waals surface area contributed by atoms with Crippen LogP contribution in [0.25, 0.3) is 0 Å². The highest BCUT2D eigenvalue weighted by Gasteiger charge is 2.09. The van der Waals surface area contributed by atoms with Crippen LogP contribution < -0.4 is 4.90 Å². The average molecular weight is 315 g/mol. The van der Waals surface area contributed by atoms with Gasteiger partial charge in [0.15, 0.2) is 0 Å². The molecule has 0 radical (unpaired) electrons. The Bertz CT molecular complexity index is 541. The van der Waals surface area contributed by atoms with E-state index in [2.05, 4.69) is 43.1 Å². The molecule has 118 valence electrons. The minimum absolute atomic E-state index is 0.406. The van der Waals surface area contributed by atoms with Gasteiger partial charge in [0.25, 0.3) is 0 Å². The first-order valence-electron chi connectivity index (χ1n) is 7.87. The summed E-state index contributed by atoms with van der Waals surface area (Å²) in [6, 6.07) is 18.6. The molecule has 0 spiro atoms. The Morgan fingerprint density at radius 1 is 1.05 bits per heavy atom. The monoisotopic (exact) mass is 315 g/mol. The van der Waals surface area contributed by atoms with Crippen molar-refractivity contribution in [3.63, 3.8) is 0 Å². The summed E-state index contributed by atoms with van der Waals surface area (Å²) in [6.07, 6.45) is 1.50. The Labute approximate surface area is 138 Å². The second-order valence-electron chi connectivity index (χ2n) is 5.48. The van der Waals surface area contributed by atoms with E-state index in [0.29, 0.717) is 0 Å². The maximum atomic E-state index is 10.3.